The van der Waals surface area contributed by atoms with Crippen LogP contribution in [0.15, 0.2) is 46.8 Å². The van der Waals surface area contributed by atoms with Crippen LogP contribution in [-0.4, -0.2) is 39.7 Å². The standard InChI is InChI=1S/C31H44N4O3S/c1-9-14-21(6)35-28(22(7)20(5)10-2)30(37)32-29(33-35)25-19-24(15-16-26(25)38-12-4)34(23(8)39)31(17-13-18-31)27(36)11-3/h15-16,19-20H,6,9-14,17-18H2,1-5,7-8H3,(H,32,33,37)/b28-22-. The van der Waals surface area contributed by atoms with Crippen LogP contribution in [0.25, 0.3) is 0 Å². The van der Waals surface area contributed by atoms with E-state index in [-0.39, 0.29) is 17.6 Å². The number of benzene rings is 1. The van der Waals surface area contributed by atoms with E-state index in [4.69, 9.17) is 22.1 Å². The number of allylic oxidation sites excluding steroid dienone is 2. The second kappa shape index (κ2) is 12.9. The summed E-state index contributed by atoms with van der Waals surface area (Å²) in [6.07, 6.45) is 5.46. The number of rotatable bonds is 12. The summed E-state index contributed by atoms with van der Waals surface area (Å²) in [6.45, 7) is 18.7. The number of carbonyl (C=O) groups is 2. The van der Waals surface area contributed by atoms with E-state index in [0.717, 1.165) is 49.1 Å². The van der Waals surface area contributed by atoms with Gasteiger partial charge >= 0.3 is 0 Å². The van der Waals surface area contributed by atoms with Crippen LogP contribution < -0.4 is 15.0 Å². The van der Waals surface area contributed by atoms with Crippen molar-refractivity contribution in [3.63, 3.8) is 0 Å². The van der Waals surface area contributed by atoms with Crippen LogP contribution in [0.2, 0.25) is 0 Å². The first-order valence-electron chi connectivity index (χ1n) is 14.3. The number of hydrogen-bond acceptors (Lipinski definition) is 6. The molecule has 2 aliphatic rings. The lowest BCUT2D eigenvalue weighted by Crippen LogP contribution is -2.60. The Labute approximate surface area is 239 Å². The van der Waals surface area contributed by atoms with Gasteiger partial charge < -0.3 is 15.0 Å². The van der Waals surface area contributed by atoms with Crippen molar-refractivity contribution >= 4 is 40.4 Å². The zero-order valence-electron chi connectivity index (χ0n) is 24.6. The molecule has 39 heavy (non-hydrogen) atoms. The number of nitrogens with one attached hydrogen (secondary N) is 1. The predicted octanol–water partition coefficient (Wildman–Crippen LogP) is 6.87. The van der Waals surface area contributed by atoms with Crippen LogP contribution in [0, 0.1) is 5.92 Å². The van der Waals surface area contributed by atoms with Gasteiger partial charge in [-0.1, -0.05) is 52.9 Å². The molecule has 1 aromatic rings. The van der Waals surface area contributed by atoms with Gasteiger partial charge in [0, 0.05) is 17.8 Å². The summed E-state index contributed by atoms with van der Waals surface area (Å²) >= 11 is 5.70. The van der Waals surface area contributed by atoms with Crippen LogP contribution >= 0.6 is 12.2 Å². The number of thiocarbonyl (C=S) groups is 1. The molecular weight excluding hydrogens is 508 g/mol. The van der Waals surface area contributed by atoms with Crippen LogP contribution in [0.5, 0.6) is 5.75 Å². The van der Waals surface area contributed by atoms with Crippen LogP contribution in [-0.2, 0) is 9.59 Å². The summed E-state index contributed by atoms with van der Waals surface area (Å²) < 4.78 is 5.98. The third kappa shape index (κ3) is 5.96. The fraction of sp³-hybridized carbons (Fsp3) is 0.548. The Kier molecular flexibility index (Phi) is 10.1. The molecule has 1 fully saturated rings. The summed E-state index contributed by atoms with van der Waals surface area (Å²) in [5.74, 6) is 1.17. The number of amides is 1. The highest BCUT2D eigenvalue weighted by molar-refractivity contribution is 7.80. The third-order valence-electron chi connectivity index (χ3n) is 7.96. The van der Waals surface area contributed by atoms with Crippen LogP contribution in [0.1, 0.15) is 99.0 Å². The Balaban J connectivity index is 2.21. The highest BCUT2D eigenvalue weighted by Gasteiger charge is 2.49. The van der Waals surface area contributed by atoms with Crippen LogP contribution in [0.4, 0.5) is 5.69 Å². The molecule has 1 atom stereocenters. The smallest absolute Gasteiger partial charge is 0.275 e. The average Bonchev–Trinajstić information content (AvgIpc) is 2.89. The number of nitrogens with zero attached hydrogens (tertiary/aromatic N) is 3. The Morgan fingerprint density at radius 1 is 1.26 bits per heavy atom. The number of ether oxygens (including phenoxy) is 1. The molecule has 1 unspecified atom stereocenters. The first-order valence-corrected chi connectivity index (χ1v) is 14.7. The van der Waals surface area contributed by atoms with Gasteiger partial charge in [-0.25, -0.2) is 5.01 Å². The topological polar surface area (TPSA) is 74.2 Å². The van der Waals surface area contributed by atoms with Gasteiger partial charge in [0.25, 0.3) is 5.91 Å². The zero-order chi connectivity index (χ0) is 28.9. The van der Waals surface area contributed by atoms with Crippen molar-refractivity contribution in [2.24, 2.45) is 11.0 Å². The van der Waals surface area contributed by atoms with E-state index < -0.39 is 5.54 Å². The second-order valence-electron chi connectivity index (χ2n) is 10.5. The molecule has 1 saturated carbocycles. The van der Waals surface area contributed by atoms with E-state index >= 15 is 0 Å². The van der Waals surface area contributed by atoms with Crippen LogP contribution in [0.3, 0.4) is 0 Å². The van der Waals surface area contributed by atoms with Gasteiger partial charge in [-0.2, -0.15) is 0 Å². The highest BCUT2D eigenvalue weighted by atomic mass is 32.1. The first kappa shape index (κ1) is 30.5. The number of anilines is 1. The number of amidine groups is 1. The maximum absolute atomic E-state index is 13.6. The highest BCUT2D eigenvalue weighted by Crippen LogP contribution is 2.43. The number of hydrogen-bond donors (Lipinski definition) is 1. The van der Waals surface area contributed by atoms with Gasteiger partial charge in [-0.15, -0.1) is 5.10 Å². The Hall–Kier alpha value is -3.00. The predicted molar refractivity (Wildman–Crippen MR) is 163 cm³/mol. The quantitative estimate of drug-likeness (QED) is 0.225. The van der Waals surface area contributed by atoms with Crippen molar-refractivity contribution in [1.29, 1.82) is 0 Å². The Morgan fingerprint density at radius 2 is 1.95 bits per heavy atom. The fourth-order valence-corrected chi connectivity index (χ4v) is 5.67. The average molecular weight is 553 g/mol. The second-order valence-corrected chi connectivity index (χ2v) is 11.1. The van der Waals surface area contributed by atoms with E-state index in [1.165, 1.54) is 0 Å². The summed E-state index contributed by atoms with van der Waals surface area (Å²) in [5, 5.41) is 9.68. The summed E-state index contributed by atoms with van der Waals surface area (Å²) in [5.41, 5.74) is 3.05. The molecule has 1 aromatic carbocycles. The minimum atomic E-state index is -0.632. The molecule has 0 radical (unpaired) electrons. The van der Waals surface area contributed by atoms with E-state index in [2.05, 4.69) is 32.7 Å². The maximum atomic E-state index is 13.6. The SMILES string of the molecule is C=C(CCC)N1N=C(c2cc(N(C(C)=S)C3(C(=O)CC)CCC3)ccc2OCC)NC(=O)/C1=C(\C)C(C)CC. The van der Waals surface area contributed by atoms with Crippen molar-refractivity contribution in [2.75, 3.05) is 11.5 Å². The molecule has 0 aromatic heterocycles. The van der Waals surface area contributed by atoms with Crippen molar-refractivity contribution < 1.29 is 14.3 Å². The minimum absolute atomic E-state index is 0.189. The maximum Gasteiger partial charge on any atom is 0.275 e. The van der Waals surface area contributed by atoms with Crippen molar-refractivity contribution in [3.05, 3.63) is 47.3 Å². The normalized spacial score (nSPS) is 18.4. The Morgan fingerprint density at radius 3 is 2.46 bits per heavy atom. The molecule has 1 aliphatic heterocycles. The van der Waals surface area contributed by atoms with Gasteiger partial charge in [0.15, 0.2) is 11.6 Å². The third-order valence-corrected chi connectivity index (χ3v) is 8.14. The molecule has 0 spiro atoms. The van der Waals surface area contributed by atoms with E-state index in [9.17, 15) is 9.59 Å². The molecule has 0 bridgehead atoms. The number of hydrazone groups is 1. The zero-order valence-corrected chi connectivity index (χ0v) is 25.5. The van der Waals surface area contributed by atoms with E-state index in [1.807, 2.05) is 50.8 Å². The number of Topliss-reactive ketones (excluding diaryl/α,β-unsaturated/α-hetero) is 1. The molecule has 1 N–H and O–H groups in total. The molecule has 3 rings (SSSR count). The van der Waals surface area contributed by atoms with Crippen molar-refractivity contribution in [3.8, 4) is 5.75 Å². The molecule has 212 valence electrons. The molecule has 7 nitrogen and oxygen atoms in total. The van der Waals surface area contributed by atoms with Crippen molar-refractivity contribution in [1.82, 2.24) is 10.3 Å². The van der Waals surface area contributed by atoms with Gasteiger partial charge in [0.1, 0.15) is 17.0 Å². The summed E-state index contributed by atoms with van der Waals surface area (Å²) in [7, 11) is 0. The van der Waals surface area contributed by atoms with Gasteiger partial charge in [0.05, 0.1) is 17.2 Å². The van der Waals surface area contributed by atoms with Crippen molar-refractivity contribution in [2.45, 2.75) is 99.0 Å². The molecule has 1 heterocycles. The number of ketones is 1. The van der Waals surface area contributed by atoms with E-state index in [1.54, 1.807) is 5.01 Å². The monoisotopic (exact) mass is 552 g/mol. The first-order chi connectivity index (χ1) is 18.6. The molecule has 1 aliphatic carbocycles. The molecule has 1 amide bonds. The van der Waals surface area contributed by atoms with Gasteiger partial charge in [-0.3, -0.25) is 9.59 Å². The lowest BCUT2D eigenvalue weighted by atomic mass is 9.71. The lowest BCUT2D eigenvalue weighted by Gasteiger charge is -2.50. The molecule has 8 heteroatoms. The minimum Gasteiger partial charge on any atom is -0.493 e. The molecular formula is C31H44N4O3S. The van der Waals surface area contributed by atoms with Gasteiger partial charge in [0.2, 0.25) is 0 Å². The van der Waals surface area contributed by atoms with Gasteiger partial charge in [-0.05, 0) is 82.6 Å². The largest absolute Gasteiger partial charge is 0.493 e. The molecule has 0 saturated heterocycles. The number of carbonyl (C=O) groups excluding carboxylic acids is 2. The summed E-state index contributed by atoms with van der Waals surface area (Å²) in [6, 6.07) is 5.74. The summed E-state index contributed by atoms with van der Waals surface area (Å²) in [4.78, 5) is 29.4. The Bertz CT molecular complexity index is 1200. The lowest BCUT2D eigenvalue weighted by molar-refractivity contribution is -0.126. The van der Waals surface area contributed by atoms with E-state index in [0.29, 0.717) is 47.3 Å². The fourth-order valence-electron chi connectivity index (χ4n) is 5.39.